The lowest BCUT2D eigenvalue weighted by atomic mass is 10.1. The number of carbonyl (C=O) groups is 1. The summed E-state index contributed by atoms with van der Waals surface area (Å²) in [6, 6.07) is 4.86. The largest absolute Gasteiger partial charge is 0.288 e. The number of hydrogen-bond acceptors (Lipinski definition) is 5. The quantitative estimate of drug-likeness (QED) is 0.612. The molecule has 1 aliphatic heterocycles. The van der Waals surface area contributed by atoms with Gasteiger partial charge in [-0.05, 0) is 32.4 Å². The highest BCUT2D eigenvalue weighted by Gasteiger charge is 2.31. The van der Waals surface area contributed by atoms with Crippen LogP contribution in [0.3, 0.4) is 0 Å². The van der Waals surface area contributed by atoms with Crippen molar-refractivity contribution in [1.82, 2.24) is 4.90 Å². The van der Waals surface area contributed by atoms with Crippen LogP contribution in [0.15, 0.2) is 23.2 Å². The Morgan fingerprint density at radius 3 is 2.82 bits per heavy atom. The number of aryl methyl sites for hydroxylation is 1. The van der Waals surface area contributed by atoms with Gasteiger partial charge in [-0.25, -0.2) is 4.99 Å². The number of carbonyl (C=O) groups excluding carboxylic acids is 1. The van der Waals surface area contributed by atoms with E-state index in [1.165, 1.54) is 17.8 Å². The summed E-state index contributed by atoms with van der Waals surface area (Å²) in [4.78, 5) is 28.7. The molecule has 1 heterocycles. The average molecular weight is 321 g/mol. The number of hydrogen-bond donors (Lipinski definition) is 0. The van der Waals surface area contributed by atoms with E-state index in [2.05, 4.69) is 11.9 Å². The van der Waals surface area contributed by atoms with Crippen LogP contribution < -0.4 is 0 Å². The molecule has 6 nitrogen and oxygen atoms in total. The average Bonchev–Trinajstić information content (AvgIpc) is 2.79. The zero-order valence-electron chi connectivity index (χ0n) is 12.9. The predicted octanol–water partition coefficient (Wildman–Crippen LogP) is 3.65. The smallest absolute Gasteiger partial charge is 0.272 e. The van der Waals surface area contributed by atoms with Gasteiger partial charge in [-0.3, -0.25) is 19.8 Å². The molecule has 1 amide bonds. The molecule has 0 saturated carbocycles. The molecule has 0 N–H and O–H groups in total. The highest BCUT2D eigenvalue weighted by Crippen LogP contribution is 2.29. The van der Waals surface area contributed by atoms with Gasteiger partial charge < -0.3 is 0 Å². The molecule has 0 aliphatic carbocycles. The van der Waals surface area contributed by atoms with E-state index in [-0.39, 0.29) is 17.6 Å². The van der Waals surface area contributed by atoms with Crippen LogP contribution in [0, 0.1) is 17.0 Å². The molecule has 1 saturated heterocycles. The zero-order chi connectivity index (χ0) is 16.3. The lowest BCUT2D eigenvalue weighted by Crippen LogP contribution is -2.37. The van der Waals surface area contributed by atoms with Gasteiger partial charge in [-0.1, -0.05) is 25.1 Å². The molecule has 0 bridgehead atoms. The van der Waals surface area contributed by atoms with Gasteiger partial charge in [-0.2, -0.15) is 0 Å². The molecule has 118 valence electrons. The van der Waals surface area contributed by atoms with Crippen molar-refractivity contribution in [3.8, 4) is 0 Å². The van der Waals surface area contributed by atoms with Crippen LogP contribution in [0.2, 0.25) is 0 Å². The first kappa shape index (κ1) is 16.5. The molecule has 1 unspecified atom stereocenters. The summed E-state index contributed by atoms with van der Waals surface area (Å²) in [5, 5.41) is 11.5. The summed E-state index contributed by atoms with van der Waals surface area (Å²) >= 11 is 1.42. The fourth-order valence-corrected chi connectivity index (χ4v) is 3.45. The number of aliphatic imine (C=N–C) groups is 1. The van der Waals surface area contributed by atoms with Crippen LogP contribution in [-0.2, 0) is 4.79 Å². The Morgan fingerprint density at radius 1 is 1.50 bits per heavy atom. The second-order valence-corrected chi connectivity index (χ2v) is 6.25. The van der Waals surface area contributed by atoms with E-state index < -0.39 is 4.92 Å². The Kier molecular flexibility index (Phi) is 5.18. The summed E-state index contributed by atoms with van der Waals surface area (Å²) in [5.74, 6) is 0.474. The maximum absolute atomic E-state index is 12.0. The lowest BCUT2D eigenvalue weighted by Gasteiger charge is -2.23. The maximum atomic E-state index is 12.0. The first-order chi connectivity index (χ1) is 10.4. The number of amides is 1. The molecular weight excluding hydrogens is 302 g/mol. The molecular formula is C15H19N3O3S. The van der Waals surface area contributed by atoms with Crippen LogP contribution in [0.4, 0.5) is 11.4 Å². The summed E-state index contributed by atoms with van der Waals surface area (Å²) in [5.41, 5.74) is 1.28. The number of nitro groups is 1. The van der Waals surface area contributed by atoms with E-state index in [1.807, 2.05) is 6.92 Å². The van der Waals surface area contributed by atoms with Crippen LogP contribution in [0.1, 0.15) is 32.3 Å². The molecule has 1 atom stereocenters. The van der Waals surface area contributed by atoms with Crippen molar-refractivity contribution in [1.29, 1.82) is 0 Å². The van der Waals surface area contributed by atoms with E-state index in [4.69, 9.17) is 0 Å². The molecule has 1 aromatic carbocycles. The van der Waals surface area contributed by atoms with E-state index in [1.54, 1.807) is 24.0 Å². The van der Waals surface area contributed by atoms with Crippen LogP contribution in [0.5, 0.6) is 0 Å². The number of benzene rings is 1. The Bertz CT molecular complexity index is 630. The molecule has 22 heavy (non-hydrogen) atoms. The zero-order valence-corrected chi connectivity index (χ0v) is 13.7. The van der Waals surface area contributed by atoms with E-state index in [0.29, 0.717) is 22.2 Å². The van der Waals surface area contributed by atoms with Crippen LogP contribution >= 0.6 is 11.8 Å². The predicted molar refractivity (Wildman–Crippen MR) is 88.6 cm³/mol. The molecule has 1 aliphatic rings. The number of nitro benzene ring substituents is 1. The minimum absolute atomic E-state index is 0.0725. The lowest BCUT2D eigenvalue weighted by molar-refractivity contribution is -0.385. The van der Waals surface area contributed by atoms with E-state index in [0.717, 1.165) is 12.8 Å². The first-order valence-electron chi connectivity index (χ1n) is 7.22. The van der Waals surface area contributed by atoms with Crippen LogP contribution in [0.25, 0.3) is 0 Å². The number of rotatable bonds is 5. The highest BCUT2D eigenvalue weighted by molar-refractivity contribution is 8.15. The van der Waals surface area contributed by atoms with Gasteiger partial charge in [0.1, 0.15) is 0 Å². The van der Waals surface area contributed by atoms with Crippen LogP contribution in [-0.4, -0.2) is 32.7 Å². The van der Waals surface area contributed by atoms with Gasteiger partial charge in [0.2, 0.25) is 5.91 Å². The third-order valence-corrected chi connectivity index (χ3v) is 4.49. The van der Waals surface area contributed by atoms with Crippen molar-refractivity contribution in [2.24, 2.45) is 4.99 Å². The Morgan fingerprint density at radius 2 is 2.23 bits per heavy atom. The maximum Gasteiger partial charge on any atom is 0.272 e. The third-order valence-electron chi connectivity index (χ3n) is 3.55. The van der Waals surface area contributed by atoms with Gasteiger partial charge in [0, 0.05) is 17.7 Å². The number of nitrogens with zero attached hydrogens (tertiary/aromatic N) is 3. The number of thioether (sulfide) groups is 1. The summed E-state index contributed by atoms with van der Waals surface area (Å²) in [7, 11) is 0. The van der Waals surface area contributed by atoms with Crippen molar-refractivity contribution in [3.05, 3.63) is 33.9 Å². The van der Waals surface area contributed by atoms with Crippen molar-refractivity contribution >= 4 is 34.2 Å². The highest BCUT2D eigenvalue weighted by atomic mass is 32.2. The molecule has 0 aromatic heterocycles. The molecule has 2 rings (SSSR count). The van der Waals surface area contributed by atoms with Gasteiger partial charge in [0.15, 0.2) is 5.17 Å². The summed E-state index contributed by atoms with van der Waals surface area (Å²) < 4.78 is 0. The minimum atomic E-state index is -0.407. The van der Waals surface area contributed by atoms with Gasteiger partial charge >= 0.3 is 0 Å². The third kappa shape index (κ3) is 3.47. The second-order valence-electron chi connectivity index (χ2n) is 5.31. The SMILES string of the molecule is CCCC(C)N1C(=O)CSC1=Nc1ccc([N+](=O)[O-])c(C)c1. The topological polar surface area (TPSA) is 75.8 Å². The normalized spacial score (nSPS) is 18.0. The van der Waals surface area contributed by atoms with Gasteiger partial charge in [-0.15, -0.1) is 0 Å². The minimum Gasteiger partial charge on any atom is -0.288 e. The molecule has 1 aromatic rings. The molecule has 1 fully saturated rings. The van der Waals surface area contributed by atoms with E-state index in [9.17, 15) is 14.9 Å². The van der Waals surface area contributed by atoms with Crippen molar-refractivity contribution in [2.75, 3.05) is 5.75 Å². The Hall–Kier alpha value is -1.89. The molecule has 7 heteroatoms. The standard InChI is InChI=1S/C15H19N3O3S/c1-4-5-11(3)17-14(19)9-22-15(17)16-12-6-7-13(18(20)21)10(2)8-12/h6-8,11H,4-5,9H2,1-3H3. The second kappa shape index (κ2) is 6.91. The van der Waals surface area contributed by atoms with Crippen molar-refractivity contribution < 1.29 is 9.72 Å². The van der Waals surface area contributed by atoms with E-state index >= 15 is 0 Å². The Labute approximate surface area is 133 Å². The first-order valence-corrected chi connectivity index (χ1v) is 8.21. The molecule has 0 spiro atoms. The van der Waals surface area contributed by atoms with Gasteiger partial charge in [0.05, 0.1) is 16.4 Å². The van der Waals surface area contributed by atoms with Crippen molar-refractivity contribution in [3.63, 3.8) is 0 Å². The monoisotopic (exact) mass is 321 g/mol. The van der Waals surface area contributed by atoms with Gasteiger partial charge in [0.25, 0.3) is 5.69 Å². The fraction of sp³-hybridized carbons (Fsp3) is 0.467. The summed E-state index contributed by atoms with van der Waals surface area (Å²) in [6.45, 7) is 5.79. The Balaban J connectivity index is 2.29. The number of amidine groups is 1. The molecule has 0 radical (unpaired) electrons. The van der Waals surface area contributed by atoms with Crippen molar-refractivity contribution in [2.45, 2.75) is 39.7 Å². The summed E-state index contributed by atoms with van der Waals surface area (Å²) in [6.07, 6.45) is 1.92. The fourth-order valence-electron chi connectivity index (χ4n) is 2.46.